The predicted octanol–water partition coefficient (Wildman–Crippen LogP) is 2.63. The topological polar surface area (TPSA) is 75.2 Å². The number of nitrogens with one attached hydrogen (secondary N) is 1. The van der Waals surface area contributed by atoms with Gasteiger partial charge in [-0.25, -0.2) is 0 Å². The number of carbonyl (C=O) groups is 2. The highest BCUT2D eigenvalue weighted by Crippen LogP contribution is 2.30. The third-order valence-corrected chi connectivity index (χ3v) is 6.52. The van der Waals surface area contributed by atoms with Crippen LogP contribution in [0.3, 0.4) is 0 Å². The van der Waals surface area contributed by atoms with Crippen molar-refractivity contribution in [3.63, 3.8) is 0 Å². The minimum Gasteiger partial charge on any atom is -0.342 e. The molecule has 1 aromatic rings. The van der Waals surface area contributed by atoms with Gasteiger partial charge in [0.2, 0.25) is 16.9 Å². The fourth-order valence-corrected chi connectivity index (χ4v) is 4.33. The van der Waals surface area contributed by atoms with E-state index in [4.69, 9.17) is 0 Å². The van der Waals surface area contributed by atoms with Gasteiger partial charge in [-0.3, -0.25) is 9.59 Å². The lowest BCUT2D eigenvalue weighted by Gasteiger charge is -2.30. The van der Waals surface area contributed by atoms with Gasteiger partial charge in [-0.05, 0) is 31.6 Å². The lowest BCUT2D eigenvalue weighted by molar-refractivity contribution is -0.129. The van der Waals surface area contributed by atoms with Crippen LogP contribution in [0.15, 0.2) is 4.34 Å². The molecular formula is C15H22N4O2S2. The third-order valence-electron chi connectivity index (χ3n) is 4.57. The maximum atomic E-state index is 12.2. The minimum absolute atomic E-state index is 0.0439. The maximum absolute atomic E-state index is 12.2. The lowest BCUT2D eigenvalue weighted by Crippen LogP contribution is -2.38. The van der Waals surface area contributed by atoms with Crippen molar-refractivity contribution >= 4 is 40.0 Å². The normalized spacial score (nSPS) is 19.4. The van der Waals surface area contributed by atoms with E-state index in [2.05, 4.69) is 22.4 Å². The maximum Gasteiger partial charge on any atom is 0.233 e. The quantitative estimate of drug-likeness (QED) is 0.650. The molecule has 2 fully saturated rings. The highest BCUT2D eigenvalue weighted by atomic mass is 32.2. The molecule has 2 aliphatic rings. The molecule has 1 aliphatic carbocycles. The summed E-state index contributed by atoms with van der Waals surface area (Å²) >= 11 is 2.74. The van der Waals surface area contributed by atoms with Crippen LogP contribution >= 0.6 is 23.1 Å². The second-order valence-corrected chi connectivity index (χ2v) is 8.54. The Labute approximate surface area is 144 Å². The fourth-order valence-electron chi connectivity index (χ4n) is 2.67. The van der Waals surface area contributed by atoms with Crippen LogP contribution < -0.4 is 5.32 Å². The van der Waals surface area contributed by atoms with E-state index in [1.54, 1.807) is 0 Å². The average molecular weight is 355 g/mol. The zero-order valence-electron chi connectivity index (χ0n) is 13.3. The summed E-state index contributed by atoms with van der Waals surface area (Å²) < 4.78 is 0.729. The predicted molar refractivity (Wildman–Crippen MR) is 91.6 cm³/mol. The number of likely N-dealkylation sites (tertiary alicyclic amines) is 1. The lowest BCUT2D eigenvalue weighted by atomic mass is 9.85. The van der Waals surface area contributed by atoms with Crippen molar-refractivity contribution < 1.29 is 9.59 Å². The van der Waals surface area contributed by atoms with Gasteiger partial charge in [0.1, 0.15) is 0 Å². The zero-order chi connectivity index (χ0) is 16.2. The minimum atomic E-state index is 0.0439. The molecule has 0 bridgehead atoms. The second kappa shape index (κ2) is 7.61. The van der Waals surface area contributed by atoms with E-state index in [0.29, 0.717) is 10.9 Å². The second-order valence-electron chi connectivity index (χ2n) is 6.34. The van der Waals surface area contributed by atoms with E-state index < -0.39 is 0 Å². The average Bonchev–Trinajstić information content (AvgIpc) is 2.91. The number of rotatable bonds is 5. The molecule has 1 aromatic heterocycles. The van der Waals surface area contributed by atoms with Crippen LogP contribution in [0, 0.1) is 11.8 Å². The van der Waals surface area contributed by atoms with E-state index in [9.17, 15) is 9.59 Å². The van der Waals surface area contributed by atoms with Crippen LogP contribution in [0.5, 0.6) is 0 Å². The molecule has 8 heteroatoms. The Bertz CT molecular complexity index is 566. The molecular weight excluding hydrogens is 332 g/mol. The summed E-state index contributed by atoms with van der Waals surface area (Å²) in [7, 11) is 0. The molecule has 0 unspecified atom stereocenters. The number of amides is 2. The summed E-state index contributed by atoms with van der Waals surface area (Å²) in [6.45, 7) is 3.95. The Kier molecular flexibility index (Phi) is 5.53. The van der Waals surface area contributed by atoms with E-state index in [1.807, 2.05) is 4.90 Å². The summed E-state index contributed by atoms with van der Waals surface area (Å²) in [5.74, 6) is 1.45. The van der Waals surface area contributed by atoms with Gasteiger partial charge in [-0.1, -0.05) is 36.4 Å². The number of thioether (sulfide) groups is 1. The van der Waals surface area contributed by atoms with Gasteiger partial charge in [0.05, 0.1) is 5.75 Å². The zero-order valence-corrected chi connectivity index (χ0v) is 14.9. The van der Waals surface area contributed by atoms with Gasteiger partial charge < -0.3 is 10.2 Å². The van der Waals surface area contributed by atoms with Gasteiger partial charge in [0, 0.05) is 19.0 Å². The highest BCUT2D eigenvalue weighted by molar-refractivity contribution is 8.01. The molecule has 3 rings (SSSR count). The number of anilines is 1. The SMILES string of the molecule is CC1CCN(C(=O)CSc2nnc(NC(=O)C3CCC3)s2)CC1. The molecule has 23 heavy (non-hydrogen) atoms. The van der Waals surface area contributed by atoms with Crippen LogP contribution in [0.25, 0.3) is 0 Å². The van der Waals surface area contributed by atoms with Crippen LogP contribution in [-0.2, 0) is 9.59 Å². The third kappa shape index (κ3) is 4.44. The van der Waals surface area contributed by atoms with Gasteiger partial charge in [0.15, 0.2) is 4.34 Å². The van der Waals surface area contributed by atoms with Gasteiger partial charge in [0.25, 0.3) is 0 Å². The van der Waals surface area contributed by atoms with Crippen molar-refractivity contribution in [2.75, 3.05) is 24.2 Å². The summed E-state index contributed by atoms with van der Waals surface area (Å²) in [6.07, 6.45) is 5.25. The van der Waals surface area contributed by atoms with Crippen molar-refractivity contribution in [3.8, 4) is 0 Å². The van der Waals surface area contributed by atoms with E-state index in [1.165, 1.54) is 23.1 Å². The molecule has 126 valence electrons. The van der Waals surface area contributed by atoms with Crippen molar-refractivity contribution in [2.24, 2.45) is 11.8 Å². The van der Waals surface area contributed by atoms with Gasteiger partial charge >= 0.3 is 0 Å². The number of piperidine rings is 1. The summed E-state index contributed by atoms with van der Waals surface area (Å²) in [4.78, 5) is 26.0. The molecule has 1 N–H and O–H groups in total. The van der Waals surface area contributed by atoms with Crippen molar-refractivity contribution in [3.05, 3.63) is 0 Å². The van der Waals surface area contributed by atoms with Crippen LogP contribution in [0.4, 0.5) is 5.13 Å². The Hall–Kier alpha value is -1.15. The number of hydrogen-bond donors (Lipinski definition) is 1. The smallest absolute Gasteiger partial charge is 0.233 e. The van der Waals surface area contributed by atoms with E-state index in [-0.39, 0.29) is 17.7 Å². The monoisotopic (exact) mass is 354 g/mol. The Morgan fingerprint density at radius 3 is 2.65 bits per heavy atom. The molecule has 0 atom stereocenters. The summed E-state index contributed by atoms with van der Waals surface area (Å²) in [6, 6.07) is 0. The molecule has 1 saturated carbocycles. The van der Waals surface area contributed by atoms with Crippen LogP contribution in [0.1, 0.15) is 39.0 Å². The van der Waals surface area contributed by atoms with Gasteiger partial charge in [-0.2, -0.15) is 0 Å². The first-order valence-corrected chi connectivity index (χ1v) is 9.97. The Balaban J connectivity index is 1.43. The summed E-state index contributed by atoms with van der Waals surface area (Å²) in [5, 5.41) is 11.4. The fraction of sp³-hybridized carbons (Fsp3) is 0.733. The Morgan fingerprint density at radius 2 is 2.00 bits per heavy atom. The number of aromatic nitrogens is 2. The molecule has 6 nitrogen and oxygen atoms in total. The standard InChI is InChI=1S/C15H22N4O2S2/c1-10-5-7-19(8-6-10)12(20)9-22-15-18-17-14(23-15)16-13(21)11-3-2-4-11/h10-11H,2-9H2,1H3,(H,16,17,21). The molecule has 1 aliphatic heterocycles. The molecule has 0 aromatic carbocycles. The Morgan fingerprint density at radius 1 is 1.26 bits per heavy atom. The highest BCUT2D eigenvalue weighted by Gasteiger charge is 2.26. The van der Waals surface area contributed by atoms with Crippen LogP contribution in [-0.4, -0.2) is 45.8 Å². The first-order valence-electron chi connectivity index (χ1n) is 8.17. The van der Waals surface area contributed by atoms with E-state index >= 15 is 0 Å². The summed E-state index contributed by atoms with van der Waals surface area (Å²) in [5.41, 5.74) is 0. The molecule has 0 spiro atoms. The molecule has 0 radical (unpaired) electrons. The largest absolute Gasteiger partial charge is 0.342 e. The number of nitrogens with zero attached hydrogens (tertiary/aromatic N) is 3. The van der Waals surface area contributed by atoms with Gasteiger partial charge in [-0.15, -0.1) is 10.2 Å². The van der Waals surface area contributed by atoms with Crippen molar-refractivity contribution in [2.45, 2.75) is 43.4 Å². The van der Waals surface area contributed by atoms with Crippen molar-refractivity contribution in [1.82, 2.24) is 15.1 Å². The molecule has 1 saturated heterocycles. The number of carbonyl (C=O) groups excluding carboxylic acids is 2. The first kappa shape index (κ1) is 16.7. The van der Waals surface area contributed by atoms with E-state index in [0.717, 1.165) is 55.5 Å². The number of hydrogen-bond acceptors (Lipinski definition) is 6. The molecule has 2 amide bonds. The first-order chi connectivity index (χ1) is 11.1. The van der Waals surface area contributed by atoms with Crippen LogP contribution in [0.2, 0.25) is 0 Å². The van der Waals surface area contributed by atoms with Crippen molar-refractivity contribution in [1.29, 1.82) is 0 Å². The molecule has 2 heterocycles.